The van der Waals surface area contributed by atoms with Crippen molar-refractivity contribution in [1.82, 2.24) is 20.1 Å². The predicted molar refractivity (Wildman–Crippen MR) is 133 cm³/mol. The van der Waals surface area contributed by atoms with E-state index in [0.717, 1.165) is 65.9 Å². The Balaban J connectivity index is 1.38. The summed E-state index contributed by atoms with van der Waals surface area (Å²) in [4.78, 5) is 10.5. The molecule has 33 heavy (non-hydrogen) atoms. The number of hydrogen-bond acceptors (Lipinski definition) is 6. The van der Waals surface area contributed by atoms with Crippen LogP contribution in [-0.4, -0.2) is 59.3 Å². The Hall–Kier alpha value is -2.39. The number of hydrogen-bond donors (Lipinski definition) is 1. The molecule has 0 unspecified atom stereocenters. The molecule has 1 N–H and O–H groups in total. The van der Waals surface area contributed by atoms with Crippen LogP contribution in [0.5, 0.6) is 0 Å². The van der Waals surface area contributed by atoms with Gasteiger partial charge in [0.1, 0.15) is 11.8 Å². The molecule has 172 valence electrons. The van der Waals surface area contributed by atoms with Crippen molar-refractivity contribution in [2.24, 2.45) is 0 Å². The summed E-state index contributed by atoms with van der Waals surface area (Å²) >= 11 is 7.42. The number of aryl methyl sites for hydroxylation is 1. The first-order valence-electron chi connectivity index (χ1n) is 11.3. The van der Waals surface area contributed by atoms with E-state index in [4.69, 9.17) is 21.4 Å². The maximum Gasteiger partial charge on any atom is 0.170 e. The predicted octanol–water partition coefficient (Wildman–Crippen LogP) is 4.44. The van der Waals surface area contributed by atoms with Gasteiger partial charge in [-0.3, -0.25) is 9.88 Å². The second kappa shape index (κ2) is 10.3. The fraction of sp³-hybridized carbons (Fsp3) is 0.360. The molecule has 6 nitrogen and oxygen atoms in total. The van der Waals surface area contributed by atoms with Crippen molar-refractivity contribution >= 4 is 29.1 Å². The fourth-order valence-electron chi connectivity index (χ4n) is 4.30. The summed E-state index contributed by atoms with van der Waals surface area (Å²) in [7, 11) is 0. The Morgan fingerprint density at radius 2 is 1.88 bits per heavy atom. The number of benzene rings is 1. The van der Waals surface area contributed by atoms with Gasteiger partial charge in [-0.2, -0.15) is 0 Å². The lowest BCUT2D eigenvalue weighted by Crippen LogP contribution is -2.42. The van der Waals surface area contributed by atoms with Crippen LogP contribution in [0.3, 0.4) is 0 Å². The number of pyridine rings is 1. The molecule has 2 aliphatic heterocycles. The largest absolute Gasteiger partial charge is 0.452 e. The van der Waals surface area contributed by atoms with Crippen LogP contribution in [-0.2, 0) is 4.74 Å². The van der Waals surface area contributed by atoms with E-state index in [1.165, 1.54) is 5.56 Å². The molecular weight excluding hydrogens is 452 g/mol. The first-order chi connectivity index (χ1) is 16.2. The first-order valence-corrected chi connectivity index (χ1v) is 12.5. The molecule has 1 aromatic carbocycles. The van der Waals surface area contributed by atoms with E-state index in [0.29, 0.717) is 0 Å². The number of thiocarbonyl (C=S) groups is 1. The number of nitrogens with zero attached hydrogens (tertiary/aromatic N) is 3. The highest BCUT2D eigenvalue weighted by atomic mass is 32.2. The molecule has 2 fully saturated rings. The van der Waals surface area contributed by atoms with E-state index < -0.39 is 0 Å². The van der Waals surface area contributed by atoms with Crippen molar-refractivity contribution in [3.63, 3.8) is 0 Å². The number of ether oxygens (including phenoxy) is 1. The van der Waals surface area contributed by atoms with Crippen LogP contribution in [0.25, 0.3) is 0 Å². The smallest absolute Gasteiger partial charge is 0.170 e. The average molecular weight is 481 g/mol. The highest BCUT2D eigenvalue weighted by molar-refractivity contribution is 7.99. The standard InChI is InChI=1S/C25H28N4O2S2/c1-18-5-7-19(8-6-18)33-22-10-9-21(31-22)24-23(20-4-2-3-11-26-20)27-25(32)29(24)13-12-28-14-16-30-17-15-28/h2-11,23-24H,12-17H2,1H3,(H,27,32)/t23-,24-/m0/s1. The van der Waals surface area contributed by atoms with E-state index >= 15 is 0 Å². The van der Waals surface area contributed by atoms with Crippen LogP contribution in [0.2, 0.25) is 0 Å². The number of nitrogens with one attached hydrogen (secondary N) is 1. The number of furan rings is 1. The Morgan fingerprint density at radius 3 is 2.64 bits per heavy atom. The Bertz CT molecular complexity index is 1070. The summed E-state index contributed by atoms with van der Waals surface area (Å²) < 4.78 is 11.9. The van der Waals surface area contributed by atoms with Crippen molar-refractivity contribution < 1.29 is 9.15 Å². The van der Waals surface area contributed by atoms with Gasteiger partial charge in [-0.1, -0.05) is 35.5 Å². The topological polar surface area (TPSA) is 53.8 Å². The van der Waals surface area contributed by atoms with Crippen LogP contribution < -0.4 is 5.32 Å². The molecule has 0 amide bonds. The molecule has 3 aromatic rings. The third-order valence-electron chi connectivity index (χ3n) is 6.09. The van der Waals surface area contributed by atoms with E-state index in [9.17, 15) is 0 Å². The second-order valence-electron chi connectivity index (χ2n) is 8.35. The van der Waals surface area contributed by atoms with Gasteiger partial charge in [0.25, 0.3) is 0 Å². The van der Waals surface area contributed by atoms with Crippen molar-refractivity contribution in [3.05, 3.63) is 77.8 Å². The van der Waals surface area contributed by atoms with Gasteiger partial charge in [-0.05, 0) is 55.5 Å². The molecule has 0 radical (unpaired) electrons. The van der Waals surface area contributed by atoms with Crippen molar-refractivity contribution in [1.29, 1.82) is 0 Å². The van der Waals surface area contributed by atoms with Crippen LogP contribution >= 0.6 is 24.0 Å². The van der Waals surface area contributed by atoms with E-state index in [2.05, 4.69) is 63.4 Å². The van der Waals surface area contributed by atoms with E-state index in [1.807, 2.05) is 24.4 Å². The molecule has 2 saturated heterocycles. The Morgan fingerprint density at radius 1 is 1.06 bits per heavy atom. The number of morpholine rings is 1. The first kappa shape index (κ1) is 22.4. The van der Waals surface area contributed by atoms with Crippen molar-refractivity contribution in [2.75, 3.05) is 39.4 Å². The lowest BCUT2D eigenvalue weighted by molar-refractivity contribution is 0.0347. The van der Waals surface area contributed by atoms with Gasteiger partial charge in [0.2, 0.25) is 0 Å². The van der Waals surface area contributed by atoms with Gasteiger partial charge in [-0.25, -0.2) is 0 Å². The third-order valence-corrected chi connectivity index (χ3v) is 7.37. The van der Waals surface area contributed by atoms with Crippen LogP contribution in [0.4, 0.5) is 0 Å². The lowest BCUT2D eigenvalue weighted by atomic mass is 10.0. The summed E-state index contributed by atoms with van der Waals surface area (Å²) in [6.07, 6.45) is 1.83. The zero-order valence-corrected chi connectivity index (χ0v) is 20.3. The monoisotopic (exact) mass is 480 g/mol. The Labute approximate surface area is 204 Å². The molecule has 5 rings (SSSR count). The lowest BCUT2D eigenvalue weighted by Gasteiger charge is -2.31. The summed E-state index contributed by atoms with van der Waals surface area (Å²) in [6.45, 7) is 7.35. The summed E-state index contributed by atoms with van der Waals surface area (Å²) in [5, 5.41) is 5.12. The zero-order valence-electron chi connectivity index (χ0n) is 18.6. The van der Waals surface area contributed by atoms with E-state index in [-0.39, 0.29) is 12.1 Å². The van der Waals surface area contributed by atoms with Crippen LogP contribution in [0.1, 0.15) is 29.1 Å². The maximum atomic E-state index is 6.38. The molecule has 0 saturated carbocycles. The van der Waals surface area contributed by atoms with Crippen molar-refractivity contribution in [3.8, 4) is 0 Å². The SMILES string of the molecule is Cc1ccc(Sc2ccc([C@H]3[C@H](c4ccccn4)NC(=S)N3CCN3CCOCC3)o2)cc1. The molecule has 2 aromatic heterocycles. The van der Waals surface area contributed by atoms with Crippen LogP contribution in [0, 0.1) is 6.92 Å². The third kappa shape index (κ3) is 5.24. The van der Waals surface area contributed by atoms with Gasteiger partial charge in [-0.15, -0.1) is 0 Å². The maximum absolute atomic E-state index is 6.38. The van der Waals surface area contributed by atoms with Crippen LogP contribution in [0.15, 0.2) is 75.2 Å². The number of rotatable bonds is 7. The minimum absolute atomic E-state index is 0.0548. The molecule has 0 bridgehead atoms. The molecular formula is C25H28N4O2S2. The fourth-order valence-corrected chi connectivity index (χ4v) is 5.41. The highest BCUT2D eigenvalue weighted by Gasteiger charge is 2.41. The summed E-state index contributed by atoms with van der Waals surface area (Å²) in [6, 6.07) is 18.5. The molecule has 2 atom stereocenters. The minimum atomic E-state index is -0.0632. The molecule has 0 spiro atoms. The molecule has 8 heteroatoms. The van der Waals surface area contributed by atoms with Gasteiger partial charge in [0, 0.05) is 37.3 Å². The highest BCUT2D eigenvalue weighted by Crippen LogP contribution is 2.41. The minimum Gasteiger partial charge on any atom is -0.452 e. The summed E-state index contributed by atoms with van der Waals surface area (Å²) in [5.74, 6) is 0.898. The van der Waals surface area contributed by atoms with E-state index in [1.54, 1.807) is 11.8 Å². The zero-order chi connectivity index (χ0) is 22.6. The number of aromatic nitrogens is 1. The molecule has 0 aliphatic carbocycles. The van der Waals surface area contributed by atoms with Gasteiger partial charge in [0.15, 0.2) is 10.2 Å². The normalized spacial score (nSPS) is 21.4. The average Bonchev–Trinajstić information content (AvgIpc) is 3.44. The van der Waals surface area contributed by atoms with Gasteiger partial charge >= 0.3 is 0 Å². The van der Waals surface area contributed by atoms with Crippen molar-refractivity contribution in [2.45, 2.75) is 29.0 Å². The Kier molecular flexibility index (Phi) is 6.96. The summed E-state index contributed by atoms with van der Waals surface area (Å²) in [5.41, 5.74) is 2.21. The molecule has 2 aliphatic rings. The van der Waals surface area contributed by atoms with Gasteiger partial charge in [0.05, 0.1) is 24.9 Å². The second-order valence-corrected chi connectivity index (χ2v) is 9.81. The molecule has 4 heterocycles. The quantitative estimate of drug-likeness (QED) is 0.498. The van der Waals surface area contributed by atoms with Gasteiger partial charge < -0.3 is 19.4 Å².